The molecule has 2 rings (SSSR count). The number of ether oxygens (including phenoxy) is 1. The topological polar surface area (TPSA) is 54.5 Å². The van der Waals surface area contributed by atoms with E-state index in [0.717, 1.165) is 18.7 Å². The Kier molecular flexibility index (Phi) is 4.65. The molecule has 1 fully saturated rings. The van der Waals surface area contributed by atoms with E-state index in [4.69, 9.17) is 4.74 Å². The molecule has 1 aromatic heterocycles. The minimum Gasteiger partial charge on any atom is -0.444 e. The lowest BCUT2D eigenvalue weighted by Gasteiger charge is -2.24. The number of carbonyl (C=O) groups excluding carboxylic acids is 1. The van der Waals surface area contributed by atoms with Crippen LogP contribution in [-0.2, 0) is 4.74 Å². The molecule has 0 aliphatic carbocycles. The van der Waals surface area contributed by atoms with Crippen molar-refractivity contribution in [3.63, 3.8) is 0 Å². The average Bonchev–Trinajstić information content (AvgIpc) is 2.97. The molecule has 0 radical (unpaired) electrons. The second-order valence-electron chi connectivity index (χ2n) is 6.21. The Hall–Kier alpha value is -1.14. The molecule has 0 saturated carbocycles. The van der Waals surface area contributed by atoms with Crippen molar-refractivity contribution in [2.45, 2.75) is 51.8 Å². The highest BCUT2D eigenvalue weighted by atomic mass is 32.1. The summed E-state index contributed by atoms with van der Waals surface area (Å²) in [5, 5.41) is 5.58. The van der Waals surface area contributed by atoms with E-state index in [-0.39, 0.29) is 12.1 Å². The minimum absolute atomic E-state index is 0.213. The Morgan fingerprint density at radius 1 is 1.60 bits per heavy atom. The standard InChI is InChI=1S/C14H23N3O2S/c1-10(12-8-20-9-15-12)16-11-5-6-17(7-11)13(18)19-14(2,3)4/h8-11,16H,5-7H2,1-4H3. The molecule has 1 N–H and O–H groups in total. The molecule has 1 amide bonds. The fourth-order valence-corrected chi connectivity index (χ4v) is 2.91. The Morgan fingerprint density at radius 3 is 2.95 bits per heavy atom. The number of thiazole rings is 1. The van der Waals surface area contributed by atoms with Crippen LogP contribution in [0.15, 0.2) is 10.9 Å². The molecule has 2 heterocycles. The van der Waals surface area contributed by atoms with Crippen LogP contribution < -0.4 is 5.32 Å². The Morgan fingerprint density at radius 2 is 2.35 bits per heavy atom. The maximum absolute atomic E-state index is 12.0. The second kappa shape index (κ2) is 6.10. The minimum atomic E-state index is -0.434. The molecule has 20 heavy (non-hydrogen) atoms. The first-order valence-corrected chi connectivity index (χ1v) is 7.91. The van der Waals surface area contributed by atoms with Gasteiger partial charge < -0.3 is 15.0 Å². The molecular formula is C14H23N3O2S. The maximum atomic E-state index is 12.0. The zero-order chi connectivity index (χ0) is 14.8. The molecule has 1 saturated heterocycles. The van der Waals surface area contributed by atoms with Crippen molar-refractivity contribution in [2.24, 2.45) is 0 Å². The number of likely N-dealkylation sites (tertiary alicyclic amines) is 1. The second-order valence-corrected chi connectivity index (χ2v) is 6.93. The van der Waals surface area contributed by atoms with Gasteiger partial charge in [0.1, 0.15) is 5.60 Å². The lowest BCUT2D eigenvalue weighted by Crippen LogP contribution is -2.39. The lowest BCUT2D eigenvalue weighted by molar-refractivity contribution is 0.0290. The monoisotopic (exact) mass is 297 g/mol. The van der Waals surface area contributed by atoms with E-state index in [1.807, 2.05) is 26.3 Å². The van der Waals surface area contributed by atoms with Gasteiger partial charge in [0.2, 0.25) is 0 Å². The first kappa shape index (κ1) is 15.3. The summed E-state index contributed by atoms with van der Waals surface area (Å²) in [6.07, 6.45) is 0.733. The van der Waals surface area contributed by atoms with E-state index in [1.54, 1.807) is 16.2 Å². The Balaban J connectivity index is 1.82. The van der Waals surface area contributed by atoms with Gasteiger partial charge in [-0.2, -0.15) is 0 Å². The number of hydrogen-bond donors (Lipinski definition) is 1. The molecule has 0 bridgehead atoms. The van der Waals surface area contributed by atoms with E-state index in [9.17, 15) is 4.79 Å². The summed E-state index contributed by atoms with van der Waals surface area (Å²) in [4.78, 5) is 18.1. The number of rotatable bonds is 3. The molecule has 1 aliphatic heterocycles. The molecule has 1 aromatic rings. The van der Waals surface area contributed by atoms with Crippen molar-refractivity contribution in [3.8, 4) is 0 Å². The van der Waals surface area contributed by atoms with Gasteiger partial charge in [0.15, 0.2) is 0 Å². The summed E-state index contributed by atoms with van der Waals surface area (Å²) in [5.74, 6) is 0. The van der Waals surface area contributed by atoms with Gasteiger partial charge in [-0.15, -0.1) is 11.3 Å². The predicted molar refractivity (Wildman–Crippen MR) is 79.9 cm³/mol. The fourth-order valence-electron chi connectivity index (χ4n) is 2.26. The molecule has 5 nitrogen and oxygen atoms in total. The highest BCUT2D eigenvalue weighted by Gasteiger charge is 2.30. The van der Waals surface area contributed by atoms with Crippen LogP contribution >= 0.6 is 11.3 Å². The molecular weight excluding hydrogens is 274 g/mol. The predicted octanol–water partition coefficient (Wildman–Crippen LogP) is 2.80. The van der Waals surface area contributed by atoms with Crippen LogP contribution in [0.3, 0.4) is 0 Å². The van der Waals surface area contributed by atoms with Gasteiger partial charge >= 0.3 is 6.09 Å². The summed E-state index contributed by atoms with van der Waals surface area (Å²) in [7, 11) is 0. The normalized spacial score (nSPS) is 21.0. The van der Waals surface area contributed by atoms with Crippen molar-refractivity contribution in [1.82, 2.24) is 15.2 Å². The molecule has 2 atom stereocenters. The van der Waals surface area contributed by atoms with E-state index < -0.39 is 5.60 Å². The molecule has 6 heteroatoms. The third-order valence-corrected chi connectivity index (χ3v) is 3.83. The number of nitrogens with zero attached hydrogens (tertiary/aromatic N) is 2. The zero-order valence-electron chi connectivity index (χ0n) is 12.5. The van der Waals surface area contributed by atoms with Gasteiger partial charge in [-0.25, -0.2) is 9.78 Å². The van der Waals surface area contributed by atoms with Crippen LogP contribution in [0, 0.1) is 0 Å². The van der Waals surface area contributed by atoms with E-state index >= 15 is 0 Å². The van der Waals surface area contributed by atoms with Gasteiger partial charge in [0, 0.05) is 30.6 Å². The summed E-state index contributed by atoms with van der Waals surface area (Å²) in [6, 6.07) is 0.518. The van der Waals surface area contributed by atoms with Crippen molar-refractivity contribution >= 4 is 17.4 Å². The number of amides is 1. The van der Waals surface area contributed by atoms with Crippen LogP contribution in [0.5, 0.6) is 0 Å². The lowest BCUT2D eigenvalue weighted by atomic mass is 10.2. The van der Waals surface area contributed by atoms with Crippen LogP contribution in [0.25, 0.3) is 0 Å². The fraction of sp³-hybridized carbons (Fsp3) is 0.714. The summed E-state index contributed by atoms with van der Waals surface area (Å²) in [6.45, 7) is 9.22. The Bertz CT molecular complexity index is 442. The summed E-state index contributed by atoms with van der Waals surface area (Å²) in [5.41, 5.74) is 2.47. The van der Waals surface area contributed by atoms with Gasteiger partial charge in [0.05, 0.1) is 11.2 Å². The van der Waals surface area contributed by atoms with Gasteiger partial charge in [-0.3, -0.25) is 0 Å². The highest BCUT2D eigenvalue weighted by Crippen LogP contribution is 2.19. The molecule has 2 unspecified atom stereocenters. The van der Waals surface area contributed by atoms with Crippen molar-refractivity contribution in [1.29, 1.82) is 0 Å². The average molecular weight is 297 g/mol. The first-order valence-electron chi connectivity index (χ1n) is 6.97. The summed E-state index contributed by atoms with van der Waals surface area (Å²) >= 11 is 1.60. The van der Waals surface area contributed by atoms with Crippen molar-refractivity contribution in [2.75, 3.05) is 13.1 Å². The van der Waals surface area contributed by atoms with Crippen molar-refractivity contribution in [3.05, 3.63) is 16.6 Å². The summed E-state index contributed by atoms with van der Waals surface area (Å²) < 4.78 is 5.40. The van der Waals surface area contributed by atoms with E-state index in [1.165, 1.54) is 0 Å². The van der Waals surface area contributed by atoms with E-state index in [2.05, 4.69) is 22.6 Å². The van der Waals surface area contributed by atoms with Crippen molar-refractivity contribution < 1.29 is 9.53 Å². The van der Waals surface area contributed by atoms with Gasteiger partial charge in [-0.1, -0.05) is 0 Å². The molecule has 0 spiro atoms. The first-order chi connectivity index (χ1) is 9.35. The maximum Gasteiger partial charge on any atom is 0.410 e. The molecule has 0 aromatic carbocycles. The van der Waals surface area contributed by atoms with E-state index in [0.29, 0.717) is 12.6 Å². The van der Waals surface area contributed by atoms with Crippen LogP contribution in [-0.4, -0.2) is 40.7 Å². The number of carbonyl (C=O) groups is 1. The zero-order valence-corrected chi connectivity index (χ0v) is 13.4. The Labute approximate surface area is 124 Å². The van der Waals surface area contributed by atoms with Crippen LogP contribution in [0.1, 0.15) is 45.9 Å². The van der Waals surface area contributed by atoms with Gasteiger partial charge in [0.25, 0.3) is 0 Å². The quantitative estimate of drug-likeness (QED) is 0.932. The third-order valence-electron chi connectivity index (χ3n) is 3.22. The SMILES string of the molecule is CC(NC1CCN(C(=O)OC(C)(C)C)C1)c1cscn1. The van der Waals surface area contributed by atoms with Gasteiger partial charge in [-0.05, 0) is 34.1 Å². The van der Waals surface area contributed by atoms with Crippen LogP contribution in [0.2, 0.25) is 0 Å². The largest absolute Gasteiger partial charge is 0.444 e. The van der Waals surface area contributed by atoms with Crippen LogP contribution in [0.4, 0.5) is 4.79 Å². The highest BCUT2D eigenvalue weighted by molar-refractivity contribution is 7.07. The molecule has 112 valence electrons. The smallest absolute Gasteiger partial charge is 0.410 e. The number of aromatic nitrogens is 1. The number of nitrogens with one attached hydrogen (secondary N) is 1. The third kappa shape index (κ3) is 4.18. The molecule has 1 aliphatic rings. The number of hydrogen-bond acceptors (Lipinski definition) is 5.